The third kappa shape index (κ3) is 4.27. The predicted molar refractivity (Wildman–Crippen MR) is 99.8 cm³/mol. The molecule has 0 aliphatic carbocycles. The number of carbonyl (C=O) groups is 2. The van der Waals surface area contributed by atoms with Gasteiger partial charge in [-0.05, 0) is 19.9 Å². The average molecular weight is 364 g/mol. The van der Waals surface area contributed by atoms with E-state index in [0.717, 1.165) is 39.0 Å². The van der Waals surface area contributed by atoms with Gasteiger partial charge < -0.3 is 14.5 Å². The van der Waals surface area contributed by atoms with Crippen LogP contribution in [0, 0.1) is 0 Å². The van der Waals surface area contributed by atoms with Crippen LogP contribution in [0.15, 0.2) is 12.7 Å². The Morgan fingerprint density at radius 1 is 1.19 bits per heavy atom. The molecule has 7 nitrogen and oxygen atoms in total. The van der Waals surface area contributed by atoms with Crippen LogP contribution in [0.3, 0.4) is 0 Å². The number of nitrogens with zero attached hydrogens (tertiary/aromatic N) is 4. The van der Waals surface area contributed by atoms with Crippen molar-refractivity contribution in [2.75, 3.05) is 72.6 Å². The predicted octanol–water partition coefficient (Wildman–Crippen LogP) is 0.0299. The summed E-state index contributed by atoms with van der Waals surface area (Å²) in [6.07, 6.45) is 4.18. The van der Waals surface area contributed by atoms with Gasteiger partial charge in [-0.2, -0.15) is 0 Å². The molecule has 2 amide bonds. The summed E-state index contributed by atoms with van der Waals surface area (Å²) in [6.45, 7) is 11.0. The lowest BCUT2D eigenvalue weighted by Crippen LogP contribution is -2.62. The van der Waals surface area contributed by atoms with Gasteiger partial charge in [0.15, 0.2) is 0 Å². The zero-order chi connectivity index (χ0) is 18.6. The minimum absolute atomic E-state index is 0.0187. The van der Waals surface area contributed by atoms with E-state index in [9.17, 15) is 9.59 Å². The van der Waals surface area contributed by atoms with Crippen LogP contribution < -0.4 is 0 Å². The summed E-state index contributed by atoms with van der Waals surface area (Å²) in [5, 5.41) is 0. The largest absolute Gasteiger partial charge is 0.378 e. The van der Waals surface area contributed by atoms with Crippen LogP contribution in [0.1, 0.15) is 19.3 Å². The number of likely N-dealkylation sites (N-methyl/N-ethyl adjacent to an activating group) is 1. The molecular formula is C19H32N4O3. The van der Waals surface area contributed by atoms with E-state index in [2.05, 4.69) is 23.4 Å². The summed E-state index contributed by atoms with van der Waals surface area (Å²) in [6, 6.07) is 0. The topological polar surface area (TPSA) is 56.3 Å². The van der Waals surface area contributed by atoms with Crippen molar-refractivity contribution in [2.45, 2.75) is 24.8 Å². The maximum Gasteiger partial charge on any atom is 0.236 e. The van der Waals surface area contributed by atoms with Crippen molar-refractivity contribution in [3.63, 3.8) is 0 Å². The number of rotatable bonds is 4. The standard InChI is InChI=1S/C19H32N4O3/c1-3-7-22-8-6-19(5-4-17(22)24)16-21(10-9-20(19)2)15-18(25)23-11-13-26-14-12-23/h3H,1,4-16H2,2H3/t19-/m1/s1. The zero-order valence-electron chi connectivity index (χ0n) is 16.0. The SMILES string of the molecule is C=CCN1CC[C@]2(CCC1=O)CN(CC(=O)N1CCOCC1)CCN2C. The monoisotopic (exact) mass is 364 g/mol. The highest BCUT2D eigenvalue weighted by atomic mass is 16.5. The molecule has 0 aromatic carbocycles. The van der Waals surface area contributed by atoms with Gasteiger partial charge in [0.05, 0.1) is 19.8 Å². The Balaban J connectivity index is 1.62. The van der Waals surface area contributed by atoms with Crippen molar-refractivity contribution < 1.29 is 14.3 Å². The Hall–Kier alpha value is -1.44. The average Bonchev–Trinajstić information content (AvgIpc) is 2.80. The minimum Gasteiger partial charge on any atom is -0.378 e. The second-order valence-corrected chi connectivity index (χ2v) is 7.73. The second-order valence-electron chi connectivity index (χ2n) is 7.73. The van der Waals surface area contributed by atoms with E-state index in [1.165, 1.54) is 0 Å². The van der Waals surface area contributed by atoms with Gasteiger partial charge in [0.2, 0.25) is 11.8 Å². The number of amides is 2. The molecule has 3 saturated heterocycles. The zero-order valence-corrected chi connectivity index (χ0v) is 16.0. The Kier molecular flexibility index (Phi) is 6.32. The van der Waals surface area contributed by atoms with E-state index in [4.69, 9.17) is 4.74 Å². The molecule has 0 aromatic rings. The van der Waals surface area contributed by atoms with Crippen molar-refractivity contribution in [2.24, 2.45) is 0 Å². The smallest absolute Gasteiger partial charge is 0.236 e. The Labute approximate surface area is 156 Å². The first-order valence-corrected chi connectivity index (χ1v) is 9.72. The molecular weight excluding hydrogens is 332 g/mol. The van der Waals surface area contributed by atoms with Crippen LogP contribution in [0.25, 0.3) is 0 Å². The van der Waals surface area contributed by atoms with Gasteiger partial charge in [-0.25, -0.2) is 0 Å². The quantitative estimate of drug-likeness (QED) is 0.659. The molecule has 3 rings (SSSR count). The molecule has 3 aliphatic heterocycles. The van der Waals surface area contributed by atoms with Crippen molar-refractivity contribution in [1.82, 2.24) is 19.6 Å². The maximum atomic E-state index is 12.6. The number of likely N-dealkylation sites (tertiary alicyclic amines) is 1. The fraction of sp³-hybridized carbons (Fsp3) is 0.789. The van der Waals surface area contributed by atoms with Gasteiger partial charge in [-0.15, -0.1) is 6.58 Å². The molecule has 3 fully saturated rings. The molecule has 1 atom stereocenters. The molecule has 1 spiro atoms. The molecule has 26 heavy (non-hydrogen) atoms. The van der Waals surface area contributed by atoms with Gasteiger partial charge >= 0.3 is 0 Å². The Morgan fingerprint density at radius 3 is 2.69 bits per heavy atom. The maximum absolute atomic E-state index is 12.6. The third-order valence-corrected chi connectivity index (χ3v) is 6.16. The summed E-state index contributed by atoms with van der Waals surface area (Å²) < 4.78 is 5.34. The molecule has 0 N–H and O–H groups in total. The van der Waals surface area contributed by atoms with Crippen molar-refractivity contribution in [1.29, 1.82) is 0 Å². The summed E-state index contributed by atoms with van der Waals surface area (Å²) in [7, 11) is 2.16. The van der Waals surface area contributed by atoms with Gasteiger partial charge in [-0.3, -0.25) is 19.4 Å². The lowest BCUT2D eigenvalue weighted by atomic mass is 9.86. The number of ether oxygens (including phenoxy) is 1. The highest BCUT2D eigenvalue weighted by molar-refractivity contribution is 5.78. The van der Waals surface area contributed by atoms with E-state index >= 15 is 0 Å². The Bertz CT molecular complexity index is 535. The molecule has 146 valence electrons. The van der Waals surface area contributed by atoms with Crippen LogP contribution in [0.4, 0.5) is 0 Å². The first kappa shape index (κ1) is 19.3. The van der Waals surface area contributed by atoms with Crippen LogP contribution in [-0.2, 0) is 14.3 Å². The van der Waals surface area contributed by atoms with E-state index < -0.39 is 0 Å². The van der Waals surface area contributed by atoms with Gasteiger partial charge in [0.1, 0.15) is 0 Å². The molecule has 7 heteroatoms. The number of hydrogen-bond donors (Lipinski definition) is 0. The van der Waals surface area contributed by atoms with Crippen molar-refractivity contribution in [3.8, 4) is 0 Å². The number of carbonyl (C=O) groups excluding carboxylic acids is 2. The molecule has 3 heterocycles. The third-order valence-electron chi connectivity index (χ3n) is 6.16. The lowest BCUT2D eigenvalue weighted by Gasteiger charge is -2.49. The summed E-state index contributed by atoms with van der Waals surface area (Å²) >= 11 is 0. The van der Waals surface area contributed by atoms with Crippen LogP contribution >= 0.6 is 0 Å². The van der Waals surface area contributed by atoms with E-state index in [-0.39, 0.29) is 17.4 Å². The lowest BCUT2D eigenvalue weighted by molar-refractivity contribution is -0.138. The van der Waals surface area contributed by atoms with Crippen molar-refractivity contribution in [3.05, 3.63) is 12.7 Å². The number of morpholine rings is 1. The molecule has 0 unspecified atom stereocenters. The molecule has 3 aliphatic rings. The first-order valence-electron chi connectivity index (χ1n) is 9.72. The fourth-order valence-electron chi connectivity index (χ4n) is 4.36. The fourth-order valence-corrected chi connectivity index (χ4v) is 4.36. The van der Waals surface area contributed by atoms with Gasteiger partial charge in [0, 0.05) is 57.8 Å². The second kappa shape index (κ2) is 8.50. The van der Waals surface area contributed by atoms with Crippen LogP contribution in [0.5, 0.6) is 0 Å². The highest BCUT2D eigenvalue weighted by Gasteiger charge is 2.42. The summed E-state index contributed by atoms with van der Waals surface area (Å²) in [5.41, 5.74) is -0.0187. The minimum atomic E-state index is -0.0187. The summed E-state index contributed by atoms with van der Waals surface area (Å²) in [5.74, 6) is 0.419. The first-order chi connectivity index (χ1) is 12.5. The normalized spacial score (nSPS) is 29.0. The van der Waals surface area contributed by atoms with Crippen LogP contribution in [0.2, 0.25) is 0 Å². The van der Waals surface area contributed by atoms with Crippen LogP contribution in [-0.4, -0.2) is 110 Å². The highest BCUT2D eigenvalue weighted by Crippen LogP contribution is 2.32. The van der Waals surface area contributed by atoms with E-state index in [1.54, 1.807) is 6.08 Å². The van der Waals surface area contributed by atoms with E-state index in [1.807, 2.05) is 9.80 Å². The van der Waals surface area contributed by atoms with E-state index in [0.29, 0.717) is 45.8 Å². The van der Waals surface area contributed by atoms with Gasteiger partial charge in [0.25, 0.3) is 0 Å². The molecule has 0 bridgehead atoms. The molecule has 0 saturated carbocycles. The van der Waals surface area contributed by atoms with Crippen molar-refractivity contribution >= 4 is 11.8 Å². The number of piperazine rings is 1. The molecule has 0 aromatic heterocycles. The van der Waals surface area contributed by atoms with Gasteiger partial charge in [-0.1, -0.05) is 6.08 Å². The number of hydrogen-bond acceptors (Lipinski definition) is 5. The summed E-state index contributed by atoms with van der Waals surface area (Å²) in [4.78, 5) is 33.5. The Morgan fingerprint density at radius 2 is 1.96 bits per heavy atom. The molecule has 0 radical (unpaired) electrons.